The lowest BCUT2D eigenvalue weighted by atomic mass is 10.2. The molecule has 0 aliphatic rings. The summed E-state index contributed by atoms with van der Waals surface area (Å²) in [7, 11) is -2.56. The molecule has 0 unspecified atom stereocenters. The van der Waals surface area contributed by atoms with Crippen LogP contribution in [0.15, 0.2) is 47.4 Å². The zero-order valence-electron chi connectivity index (χ0n) is 12.9. The maximum absolute atomic E-state index is 12.4. The highest BCUT2D eigenvalue weighted by atomic mass is 32.2. The van der Waals surface area contributed by atoms with E-state index in [1.807, 2.05) is 0 Å². The molecule has 0 spiro atoms. The minimum atomic E-state index is -4.02. The van der Waals surface area contributed by atoms with E-state index in [0.717, 1.165) is 6.07 Å². The molecule has 0 bridgehead atoms. The Morgan fingerprint density at radius 1 is 1.17 bits per heavy atom. The molecular weight excluding hydrogens is 334 g/mol. The molecule has 0 aromatic heterocycles. The van der Waals surface area contributed by atoms with Crippen LogP contribution in [0.2, 0.25) is 0 Å². The molecule has 0 saturated carbocycles. The van der Waals surface area contributed by atoms with E-state index < -0.39 is 14.9 Å². The summed E-state index contributed by atoms with van der Waals surface area (Å²) >= 11 is 0. The number of sulfonamides is 1. The smallest absolute Gasteiger partial charge is 0.273 e. The van der Waals surface area contributed by atoms with Crippen molar-refractivity contribution in [3.05, 3.63) is 63.7 Å². The average molecular weight is 349 g/mol. The van der Waals surface area contributed by atoms with Crippen LogP contribution in [0.4, 0.5) is 11.4 Å². The molecule has 0 saturated heterocycles. The number of hydrogen-bond donors (Lipinski definition) is 2. The fourth-order valence-electron chi connectivity index (χ4n) is 2.04. The van der Waals surface area contributed by atoms with Gasteiger partial charge in [0.15, 0.2) is 0 Å². The van der Waals surface area contributed by atoms with Gasteiger partial charge in [0, 0.05) is 29.9 Å². The lowest BCUT2D eigenvalue weighted by molar-refractivity contribution is -0.385. The first-order chi connectivity index (χ1) is 11.2. The molecule has 0 fully saturated rings. The minimum absolute atomic E-state index is 0.180. The Morgan fingerprint density at radius 2 is 1.88 bits per heavy atom. The summed E-state index contributed by atoms with van der Waals surface area (Å²) in [6, 6.07) is 9.57. The second kappa shape index (κ2) is 6.67. The summed E-state index contributed by atoms with van der Waals surface area (Å²) < 4.78 is 27.1. The molecule has 2 aromatic carbocycles. The molecule has 9 heteroatoms. The van der Waals surface area contributed by atoms with Gasteiger partial charge in [0.25, 0.3) is 21.6 Å². The Labute approximate surface area is 138 Å². The lowest BCUT2D eigenvalue weighted by Crippen LogP contribution is -2.18. The number of anilines is 1. The highest BCUT2D eigenvalue weighted by Crippen LogP contribution is 2.24. The first-order valence-corrected chi connectivity index (χ1v) is 8.33. The number of rotatable bonds is 5. The number of carbonyl (C=O) groups is 1. The van der Waals surface area contributed by atoms with Crippen LogP contribution in [0.1, 0.15) is 15.9 Å². The Bertz CT molecular complexity index is 909. The summed E-state index contributed by atoms with van der Waals surface area (Å²) in [5, 5.41) is 13.4. The molecule has 0 atom stereocenters. The third-order valence-electron chi connectivity index (χ3n) is 3.29. The monoisotopic (exact) mass is 349 g/mol. The Hall–Kier alpha value is -2.94. The van der Waals surface area contributed by atoms with Gasteiger partial charge < -0.3 is 5.32 Å². The number of nitro benzene ring substituents is 1. The van der Waals surface area contributed by atoms with Gasteiger partial charge in [-0.2, -0.15) is 0 Å². The fourth-order valence-corrected chi connectivity index (χ4v) is 3.10. The zero-order chi connectivity index (χ0) is 17.9. The van der Waals surface area contributed by atoms with Crippen molar-refractivity contribution in [3.63, 3.8) is 0 Å². The second-order valence-electron chi connectivity index (χ2n) is 4.97. The van der Waals surface area contributed by atoms with Crippen molar-refractivity contribution in [2.24, 2.45) is 0 Å². The van der Waals surface area contributed by atoms with Crippen LogP contribution < -0.4 is 10.0 Å². The van der Waals surface area contributed by atoms with Gasteiger partial charge in [-0.25, -0.2) is 8.42 Å². The van der Waals surface area contributed by atoms with Crippen LogP contribution in [0.25, 0.3) is 0 Å². The Morgan fingerprint density at radius 3 is 2.50 bits per heavy atom. The van der Waals surface area contributed by atoms with Crippen molar-refractivity contribution in [2.45, 2.75) is 11.8 Å². The number of hydrogen-bond acceptors (Lipinski definition) is 5. The van der Waals surface area contributed by atoms with Gasteiger partial charge in [0.05, 0.1) is 9.82 Å². The maximum atomic E-state index is 12.4. The van der Waals surface area contributed by atoms with Crippen molar-refractivity contribution in [2.75, 3.05) is 11.8 Å². The maximum Gasteiger partial charge on any atom is 0.273 e. The first kappa shape index (κ1) is 17.4. The van der Waals surface area contributed by atoms with Gasteiger partial charge in [-0.3, -0.25) is 19.6 Å². The molecule has 0 radical (unpaired) electrons. The zero-order valence-corrected chi connectivity index (χ0v) is 13.8. The second-order valence-corrected chi connectivity index (χ2v) is 6.65. The molecule has 0 aliphatic carbocycles. The molecule has 2 rings (SSSR count). The van der Waals surface area contributed by atoms with Gasteiger partial charge in [-0.1, -0.05) is 12.1 Å². The fraction of sp³-hybridized carbons (Fsp3) is 0.133. The summed E-state index contributed by atoms with van der Waals surface area (Å²) in [6.45, 7) is 1.52. The lowest BCUT2D eigenvalue weighted by Gasteiger charge is -2.10. The molecule has 8 nitrogen and oxygen atoms in total. The predicted molar refractivity (Wildman–Crippen MR) is 88.5 cm³/mol. The van der Waals surface area contributed by atoms with E-state index >= 15 is 0 Å². The summed E-state index contributed by atoms with van der Waals surface area (Å²) in [4.78, 5) is 21.7. The number of benzene rings is 2. The van der Waals surface area contributed by atoms with Crippen molar-refractivity contribution in [1.82, 2.24) is 5.32 Å². The molecule has 1 amide bonds. The van der Waals surface area contributed by atoms with Crippen LogP contribution in [0, 0.1) is 17.0 Å². The Balaban J connectivity index is 2.37. The minimum Gasteiger partial charge on any atom is -0.355 e. The topological polar surface area (TPSA) is 118 Å². The van der Waals surface area contributed by atoms with Gasteiger partial charge in [0.2, 0.25) is 0 Å². The molecule has 2 N–H and O–H groups in total. The van der Waals surface area contributed by atoms with Gasteiger partial charge in [-0.05, 0) is 31.2 Å². The number of carbonyl (C=O) groups excluding carboxylic acids is 1. The van der Waals surface area contributed by atoms with Crippen LogP contribution >= 0.6 is 0 Å². The number of nitrogens with zero attached hydrogens (tertiary/aromatic N) is 1. The molecule has 126 valence electrons. The highest BCUT2D eigenvalue weighted by Gasteiger charge is 2.20. The Kier molecular flexibility index (Phi) is 4.84. The summed E-state index contributed by atoms with van der Waals surface area (Å²) in [5.74, 6) is -0.359. The van der Waals surface area contributed by atoms with Gasteiger partial charge in [0.1, 0.15) is 0 Å². The standard InChI is InChI=1S/C15H15N3O5S/c1-10-6-7-13(9-14(10)18(20)21)24(22,23)17-12-5-3-4-11(8-12)15(19)16-2/h3-9,17H,1-2H3,(H,16,19). The largest absolute Gasteiger partial charge is 0.355 e. The molecule has 0 heterocycles. The van der Waals surface area contributed by atoms with E-state index in [0.29, 0.717) is 5.56 Å². The van der Waals surface area contributed by atoms with E-state index in [9.17, 15) is 23.3 Å². The highest BCUT2D eigenvalue weighted by molar-refractivity contribution is 7.92. The van der Waals surface area contributed by atoms with Crippen molar-refractivity contribution in [3.8, 4) is 0 Å². The number of amides is 1. The SMILES string of the molecule is CNC(=O)c1cccc(NS(=O)(=O)c2ccc(C)c([N+](=O)[O-])c2)c1. The van der Waals surface area contributed by atoms with Crippen LogP contribution in [-0.2, 0) is 10.0 Å². The predicted octanol–water partition coefficient (Wildman–Crippen LogP) is 2.06. The normalized spacial score (nSPS) is 10.9. The number of nitrogens with one attached hydrogen (secondary N) is 2. The summed E-state index contributed by atoms with van der Waals surface area (Å²) in [5.41, 5.74) is 0.546. The van der Waals surface area contributed by atoms with E-state index in [1.54, 1.807) is 0 Å². The van der Waals surface area contributed by atoms with E-state index in [-0.39, 0.29) is 27.7 Å². The molecule has 0 aliphatic heterocycles. The molecule has 2 aromatic rings. The number of aryl methyl sites for hydroxylation is 1. The quantitative estimate of drug-likeness (QED) is 0.633. The van der Waals surface area contributed by atoms with Crippen molar-refractivity contribution >= 4 is 27.3 Å². The van der Waals surface area contributed by atoms with Crippen LogP contribution in [0.5, 0.6) is 0 Å². The molecule has 24 heavy (non-hydrogen) atoms. The van der Waals surface area contributed by atoms with E-state index in [4.69, 9.17) is 0 Å². The summed E-state index contributed by atoms with van der Waals surface area (Å²) in [6.07, 6.45) is 0. The van der Waals surface area contributed by atoms with E-state index in [1.165, 1.54) is 50.4 Å². The molecular formula is C15H15N3O5S. The first-order valence-electron chi connectivity index (χ1n) is 6.84. The van der Waals surface area contributed by atoms with Crippen molar-refractivity contribution in [1.29, 1.82) is 0 Å². The van der Waals surface area contributed by atoms with E-state index in [2.05, 4.69) is 10.0 Å². The third kappa shape index (κ3) is 3.69. The van der Waals surface area contributed by atoms with Gasteiger partial charge >= 0.3 is 0 Å². The van der Waals surface area contributed by atoms with Gasteiger partial charge in [-0.15, -0.1) is 0 Å². The van der Waals surface area contributed by atoms with Crippen LogP contribution in [0.3, 0.4) is 0 Å². The van der Waals surface area contributed by atoms with Crippen molar-refractivity contribution < 1.29 is 18.1 Å². The number of nitro groups is 1. The van der Waals surface area contributed by atoms with Crippen LogP contribution in [-0.4, -0.2) is 26.3 Å². The third-order valence-corrected chi connectivity index (χ3v) is 4.67. The average Bonchev–Trinajstić information content (AvgIpc) is 2.53.